The van der Waals surface area contributed by atoms with Crippen molar-refractivity contribution in [1.29, 1.82) is 0 Å². The molecule has 0 aromatic heterocycles. The first kappa shape index (κ1) is 8.43. The van der Waals surface area contributed by atoms with E-state index in [-0.39, 0.29) is 6.04 Å². The van der Waals surface area contributed by atoms with Crippen LogP contribution in [0.15, 0.2) is 5.10 Å². The number of nitrogens with zero attached hydrogens (tertiary/aromatic N) is 1. The Morgan fingerprint density at radius 3 is 1.78 bits per heavy atom. The molecule has 3 nitrogen and oxygen atoms in total. The van der Waals surface area contributed by atoms with E-state index in [1.807, 2.05) is 20.8 Å². The van der Waals surface area contributed by atoms with Crippen molar-refractivity contribution in [2.45, 2.75) is 26.8 Å². The van der Waals surface area contributed by atoms with Gasteiger partial charge in [-0.1, -0.05) is 13.8 Å². The van der Waals surface area contributed by atoms with Crippen molar-refractivity contribution in [2.75, 3.05) is 0 Å². The van der Waals surface area contributed by atoms with E-state index < -0.39 is 0 Å². The predicted octanol–water partition coefficient (Wildman–Crippen LogP) is 0.304. The van der Waals surface area contributed by atoms with Gasteiger partial charge in [-0.25, -0.2) is 0 Å². The zero-order valence-electron chi connectivity index (χ0n) is 6.26. The van der Waals surface area contributed by atoms with Gasteiger partial charge in [-0.15, -0.1) is 0 Å². The SMILES string of the molecule is CC(C)/C(=N/N)C(C)N. The first-order valence-corrected chi connectivity index (χ1v) is 3.12. The fourth-order valence-corrected chi connectivity index (χ4v) is 0.792. The van der Waals surface area contributed by atoms with Gasteiger partial charge in [-0.3, -0.25) is 0 Å². The molecule has 3 heteroatoms. The van der Waals surface area contributed by atoms with Crippen LogP contribution in [0.1, 0.15) is 20.8 Å². The van der Waals surface area contributed by atoms with Gasteiger partial charge in [-0.2, -0.15) is 5.10 Å². The lowest BCUT2D eigenvalue weighted by Crippen LogP contribution is -2.31. The molecule has 0 heterocycles. The number of rotatable bonds is 2. The molecule has 1 unspecified atom stereocenters. The van der Waals surface area contributed by atoms with Crippen LogP contribution in [-0.4, -0.2) is 11.8 Å². The lowest BCUT2D eigenvalue weighted by Gasteiger charge is -2.11. The van der Waals surface area contributed by atoms with Gasteiger partial charge in [0, 0.05) is 6.04 Å². The van der Waals surface area contributed by atoms with E-state index in [4.69, 9.17) is 11.6 Å². The summed E-state index contributed by atoms with van der Waals surface area (Å²) in [6.45, 7) is 5.93. The van der Waals surface area contributed by atoms with Gasteiger partial charge < -0.3 is 11.6 Å². The Kier molecular flexibility index (Phi) is 3.24. The number of hydrogen-bond donors (Lipinski definition) is 2. The number of hydrazone groups is 1. The van der Waals surface area contributed by atoms with Gasteiger partial charge in [0.15, 0.2) is 0 Å². The Morgan fingerprint density at radius 1 is 1.33 bits per heavy atom. The van der Waals surface area contributed by atoms with E-state index in [2.05, 4.69) is 5.10 Å². The summed E-state index contributed by atoms with van der Waals surface area (Å²) in [6.07, 6.45) is 0. The molecule has 0 rings (SSSR count). The summed E-state index contributed by atoms with van der Waals surface area (Å²) >= 11 is 0. The summed E-state index contributed by atoms with van der Waals surface area (Å²) in [5.41, 5.74) is 6.41. The van der Waals surface area contributed by atoms with Gasteiger partial charge in [0.05, 0.1) is 5.71 Å². The van der Waals surface area contributed by atoms with Gasteiger partial charge in [-0.05, 0) is 12.8 Å². The number of hydrogen-bond acceptors (Lipinski definition) is 3. The quantitative estimate of drug-likeness (QED) is 0.320. The summed E-state index contributed by atoms with van der Waals surface area (Å²) in [5, 5.41) is 3.58. The fourth-order valence-electron chi connectivity index (χ4n) is 0.792. The summed E-state index contributed by atoms with van der Waals surface area (Å²) < 4.78 is 0. The van der Waals surface area contributed by atoms with Crippen molar-refractivity contribution >= 4 is 5.71 Å². The van der Waals surface area contributed by atoms with Crippen molar-refractivity contribution < 1.29 is 0 Å². The number of nitrogens with two attached hydrogens (primary N) is 2. The molecular formula is C6H15N3. The van der Waals surface area contributed by atoms with E-state index in [1.165, 1.54) is 0 Å². The molecule has 0 spiro atoms. The molecular weight excluding hydrogens is 114 g/mol. The van der Waals surface area contributed by atoms with E-state index in [0.29, 0.717) is 5.92 Å². The average Bonchev–Trinajstić information content (AvgIpc) is 1.64. The van der Waals surface area contributed by atoms with Crippen LogP contribution in [0.5, 0.6) is 0 Å². The zero-order valence-corrected chi connectivity index (χ0v) is 6.26. The molecule has 0 aliphatic carbocycles. The van der Waals surface area contributed by atoms with Gasteiger partial charge in [0.2, 0.25) is 0 Å². The minimum atomic E-state index is -0.0185. The summed E-state index contributed by atoms with van der Waals surface area (Å²) in [5.74, 6) is 5.44. The third kappa shape index (κ3) is 2.46. The van der Waals surface area contributed by atoms with Crippen LogP contribution >= 0.6 is 0 Å². The van der Waals surface area contributed by atoms with Crippen molar-refractivity contribution in [3.8, 4) is 0 Å². The van der Waals surface area contributed by atoms with Gasteiger partial charge >= 0.3 is 0 Å². The summed E-state index contributed by atoms with van der Waals surface area (Å²) in [6, 6.07) is -0.0185. The first-order chi connectivity index (χ1) is 4.09. The maximum atomic E-state index is 5.54. The molecule has 0 aliphatic heterocycles. The molecule has 0 aromatic carbocycles. The van der Waals surface area contributed by atoms with Crippen LogP contribution in [0.25, 0.3) is 0 Å². The molecule has 4 N–H and O–H groups in total. The monoisotopic (exact) mass is 129 g/mol. The predicted molar refractivity (Wildman–Crippen MR) is 40.1 cm³/mol. The highest BCUT2D eigenvalue weighted by Crippen LogP contribution is 1.98. The van der Waals surface area contributed by atoms with Crippen LogP contribution in [0, 0.1) is 5.92 Å². The first-order valence-electron chi connectivity index (χ1n) is 3.12. The second kappa shape index (κ2) is 3.45. The second-order valence-corrected chi connectivity index (χ2v) is 2.50. The highest BCUT2D eigenvalue weighted by atomic mass is 15.1. The van der Waals surface area contributed by atoms with E-state index in [9.17, 15) is 0 Å². The van der Waals surface area contributed by atoms with Crippen molar-refractivity contribution in [2.24, 2.45) is 22.6 Å². The molecule has 9 heavy (non-hydrogen) atoms. The van der Waals surface area contributed by atoms with E-state index in [1.54, 1.807) is 0 Å². The van der Waals surface area contributed by atoms with Crippen molar-refractivity contribution in [1.82, 2.24) is 0 Å². The molecule has 0 fully saturated rings. The average molecular weight is 129 g/mol. The Morgan fingerprint density at radius 2 is 1.78 bits per heavy atom. The normalized spacial score (nSPS) is 16.3. The van der Waals surface area contributed by atoms with Crippen LogP contribution < -0.4 is 11.6 Å². The minimum absolute atomic E-state index is 0.0185. The Bertz CT molecular complexity index is 94.9. The molecule has 0 radical (unpaired) electrons. The van der Waals surface area contributed by atoms with Gasteiger partial charge in [0.25, 0.3) is 0 Å². The highest BCUT2D eigenvalue weighted by Gasteiger charge is 2.08. The van der Waals surface area contributed by atoms with Crippen LogP contribution in [0.3, 0.4) is 0 Å². The van der Waals surface area contributed by atoms with Crippen LogP contribution in [0.4, 0.5) is 0 Å². The van der Waals surface area contributed by atoms with Crippen LogP contribution in [0.2, 0.25) is 0 Å². The summed E-state index contributed by atoms with van der Waals surface area (Å²) in [4.78, 5) is 0. The fraction of sp³-hybridized carbons (Fsp3) is 0.833. The van der Waals surface area contributed by atoms with Crippen molar-refractivity contribution in [3.05, 3.63) is 0 Å². The Labute approximate surface area is 56.1 Å². The maximum Gasteiger partial charge on any atom is 0.0565 e. The lowest BCUT2D eigenvalue weighted by atomic mass is 10.0. The topological polar surface area (TPSA) is 64.4 Å². The molecule has 0 aliphatic rings. The maximum absolute atomic E-state index is 5.54. The van der Waals surface area contributed by atoms with E-state index >= 15 is 0 Å². The molecule has 1 atom stereocenters. The Balaban J connectivity index is 4.01. The molecule has 0 saturated heterocycles. The lowest BCUT2D eigenvalue weighted by molar-refractivity contribution is 0.800. The zero-order chi connectivity index (χ0) is 7.44. The molecule has 0 aromatic rings. The largest absolute Gasteiger partial charge is 0.323 e. The van der Waals surface area contributed by atoms with Gasteiger partial charge in [0.1, 0.15) is 0 Å². The second-order valence-electron chi connectivity index (χ2n) is 2.50. The van der Waals surface area contributed by atoms with Crippen LogP contribution in [-0.2, 0) is 0 Å². The molecule has 0 amide bonds. The standard InChI is InChI=1S/C6H15N3/c1-4(2)6(9-8)5(3)7/h4-5H,7-8H2,1-3H3/b9-6-. The third-order valence-electron chi connectivity index (χ3n) is 1.21. The highest BCUT2D eigenvalue weighted by molar-refractivity contribution is 5.90. The van der Waals surface area contributed by atoms with Crippen molar-refractivity contribution in [3.63, 3.8) is 0 Å². The summed E-state index contributed by atoms with van der Waals surface area (Å²) in [7, 11) is 0. The molecule has 54 valence electrons. The molecule has 0 saturated carbocycles. The minimum Gasteiger partial charge on any atom is -0.323 e. The Hall–Kier alpha value is -0.570. The smallest absolute Gasteiger partial charge is 0.0565 e. The van der Waals surface area contributed by atoms with E-state index in [0.717, 1.165) is 5.71 Å². The molecule has 0 bridgehead atoms. The third-order valence-corrected chi connectivity index (χ3v) is 1.21.